The van der Waals surface area contributed by atoms with Crippen LogP contribution in [0.15, 0.2) is 36.4 Å². The molecular formula is C15H16FNO2. The van der Waals surface area contributed by atoms with E-state index < -0.39 is 0 Å². The molecule has 0 saturated heterocycles. The maximum absolute atomic E-state index is 13.4. The minimum atomic E-state index is -0.280. The van der Waals surface area contributed by atoms with Crippen molar-refractivity contribution >= 4 is 5.69 Å². The van der Waals surface area contributed by atoms with Crippen LogP contribution in [0.4, 0.5) is 10.1 Å². The van der Waals surface area contributed by atoms with E-state index >= 15 is 0 Å². The summed E-state index contributed by atoms with van der Waals surface area (Å²) in [4.78, 5) is 0. The zero-order chi connectivity index (χ0) is 14.0. The van der Waals surface area contributed by atoms with E-state index in [1.54, 1.807) is 19.1 Å². The number of hydrogen-bond acceptors (Lipinski definition) is 3. The third-order valence-corrected chi connectivity index (χ3v) is 3.12. The second-order valence-corrected chi connectivity index (χ2v) is 4.52. The van der Waals surface area contributed by atoms with E-state index in [1.165, 1.54) is 24.3 Å². The van der Waals surface area contributed by atoms with Crippen molar-refractivity contribution in [2.75, 3.05) is 5.32 Å². The Morgan fingerprint density at radius 2 is 1.89 bits per heavy atom. The van der Waals surface area contributed by atoms with Crippen LogP contribution in [0.1, 0.15) is 24.1 Å². The third kappa shape index (κ3) is 2.78. The molecule has 1 unspecified atom stereocenters. The van der Waals surface area contributed by atoms with Crippen LogP contribution in [0.25, 0.3) is 0 Å². The van der Waals surface area contributed by atoms with E-state index in [1.807, 2.05) is 6.92 Å². The molecule has 0 heterocycles. The lowest BCUT2D eigenvalue weighted by molar-refractivity contribution is 0.451. The molecule has 0 aromatic heterocycles. The summed E-state index contributed by atoms with van der Waals surface area (Å²) in [5, 5.41) is 22.4. The molecule has 4 heteroatoms. The lowest BCUT2D eigenvalue weighted by atomic mass is 10.1. The maximum atomic E-state index is 13.4. The molecule has 0 aliphatic carbocycles. The largest absolute Gasteiger partial charge is 0.508 e. The molecule has 0 spiro atoms. The van der Waals surface area contributed by atoms with E-state index in [-0.39, 0.29) is 23.4 Å². The fraction of sp³-hybridized carbons (Fsp3) is 0.200. The normalized spacial score (nSPS) is 12.2. The van der Waals surface area contributed by atoms with E-state index in [4.69, 9.17) is 0 Å². The third-order valence-electron chi connectivity index (χ3n) is 3.12. The molecule has 19 heavy (non-hydrogen) atoms. The summed E-state index contributed by atoms with van der Waals surface area (Å²) in [6.07, 6.45) is 0. The van der Waals surface area contributed by atoms with E-state index in [0.717, 1.165) is 0 Å². The first-order chi connectivity index (χ1) is 8.99. The highest BCUT2D eigenvalue weighted by atomic mass is 19.1. The number of hydrogen-bond donors (Lipinski definition) is 3. The predicted molar refractivity (Wildman–Crippen MR) is 72.9 cm³/mol. The first-order valence-corrected chi connectivity index (χ1v) is 6.02. The molecule has 0 aliphatic heterocycles. The van der Waals surface area contributed by atoms with Crippen LogP contribution in [0.3, 0.4) is 0 Å². The van der Waals surface area contributed by atoms with Gasteiger partial charge in [0.05, 0.1) is 6.04 Å². The molecule has 100 valence electrons. The van der Waals surface area contributed by atoms with Crippen molar-refractivity contribution in [2.45, 2.75) is 19.9 Å². The molecule has 0 bridgehead atoms. The average molecular weight is 261 g/mol. The van der Waals surface area contributed by atoms with Crippen molar-refractivity contribution in [3.8, 4) is 11.5 Å². The number of phenols is 2. The van der Waals surface area contributed by atoms with Gasteiger partial charge in [0.1, 0.15) is 17.3 Å². The lowest BCUT2D eigenvalue weighted by Crippen LogP contribution is -2.08. The van der Waals surface area contributed by atoms with Crippen molar-refractivity contribution in [3.05, 3.63) is 53.3 Å². The summed E-state index contributed by atoms with van der Waals surface area (Å²) < 4.78 is 13.4. The molecule has 3 N–H and O–H groups in total. The maximum Gasteiger partial charge on any atom is 0.128 e. The Balaban J connectivity index is 2.28. The summed E-state index contributed by atoms with van der Waals surface area (Å²) >= 11 is 0. The first kappa shape index (κ1) is 13.2. The minimum Gasteiger partial charge on any atom is -0.508 e. The summed E-state index contributed by atoms with van der Waals surface area (Å²) in [7, 11) is 0. The van der Waals surface area contributed by atoms with Crippen molar-refractivity contribution in [2.24, 2.45) is 0 Å². The topological polar surface area (TPSA) is 52.5 Å². The molecule has 0 amide bonds. The van der Waals surface area contributed by atoms with Gasteiger partial charge in [0.15, 0.2) is 0 Å². The van der Waals surface area contributed by atoms with Gasteiger partial charge in [-0.1, -0.05) is 6.07 Å². The van der Waals surface area contributed by atoms with Crippen molar-refractivity contribution in [1.29, 1.82) is 0 Å². The van der Waals surface area contributed by atoms with E-state index in [2.05, 4.69) is 5.32 Å². The van der Waals surface area contributed by atoms with Crippen molar-refractivity contribution in [1.82, 2.24) is 0 Å². The van der Waals surface area contributed by atoms with Gasteiger partial charge in [-0.15, -0.1) is 0 Å². The number of halogens is 1. The van der Waals surface area contributed by atoms with Gasteiger partial charge in [-0.2, -0.15) is 0 Å². The van der Waals surface area contributed by atoms with Gasteiger partial charge in [0, 0.05) is 16.8 Å². The summed E-state index contributed by atoms with van der Waals surface area (Å²) in [5.41, 5.74) is 1.74. The quantitative estimate of drug-likeness (QED) is 0.738. The minimum absolute atomic E-state index is 0.0809. The number of phenolic OH excluding ortho intramolecular Hbond substituents is 2. The number of nitrogens with one attached hydrogen (secondary N) is 1. The molecule has 1 atom stereocenters. The van der Waals surface area contributed by atoms with Crippen LogP contribution in [-0.4, -0.2) is 10.2 Å². The molecular weight excluding hydrogens is 245 g/mol. The van der Waals surface area contributed by atoms with Gasteiger partial charge in [-0.05, 0) is 44.2 Å². The van der Waals surface area contributed by atoms with Crippen LogP contribution in [0.5, 0.6) is 11.5 Å². The zero-order valence-corrected chi connectivity index (χ0v) is 10.8. The van der Waals surface area contributed by atoms with E-state index in [9.17, 15) is 14.6 Å². The van der Waals surface area contributed by atoms with Crippen molar-refractivity contribution in [3.63, 3.8) is 0 Å². The number of anilines is 1. The zero-order valence-electron chi connectivity index (χ0n) is 10.8. The molecule has 0 fully saturated rings. The van der Waals surface area contributed by atoms with Gasteiger partial charge in [-0.25, -0.2) is 4.39 Å². The van der Waals surface area contributed by atoms with Gasteiger partial charge < -0.3 is 15.5 Å². The molecule has 2 rings (SSSR count). The molecule has 2 aromatic carbocycles. The summed E-state index contributed by atoms with van der Waals surface area (Å²) in [6, 6.07) is 8.88. The standard InChI is InChI=1S/C15H16FNO2/c1-9-13(16)4-3-5-14(9)17-10(2)12-8-11(18)6-7-15(12)19/h3-8,10,17-19H,1-2H3. The average Bonchev–Trinajstić information content (AvgIpc) is 2.38. The van der Waals surface area contributed by atoms with Crippen LogP contribution >= 0.6 is 0 Å². The van der Waals surface area contributed by atoms with Gasteiger partial charge in [0.25, 0.3) is 0 Å². The number of benzene rings is 2. The van der Waals surface area contributed by atoms with Gasteiger partial charge in [0.2, 0.25) is 0 Å². The second kappa shape index (κ2) is 5.18. The smallest absolute Gasteiger partial charge is 0.128 e. The second-order valence-electron chi connectivity index (χ2n) is 4.52. The molecule has 2 aromatic rings. The fourth-order valence-corrected chi connectivity index (χ4v) is 1.96. The fourth-order valence-electron chi connectivity index (χ4n) is 1.96. The Hall–Kier alpha value is -2.23. The molecule has 3 nitrogen and oxygen atoms in total. The van der Waals surface area contributed by atoms with Crippen LogP contribution in [-0.2, 0) is 0 Å². The SMILES string of the molecule is Cc1c(F)cccc1NC(C)c1cc(O)ccc1O. The van der Waals surface area contributed by atoms with Gasteiger partial charge in [-0.3, -0.25) is 0 Å². The Bertz CT molecular complexity index is 599. The number of aromatic hydroxyl groups is 2. The molecule has 0 radical (unpaired) electrons. The summed E-state index contributed by atoms with van der Waals surface area (Å²) in [6.45, 7) is 3.52. The highest BCUT2D eigenvalue weighted by Gasteiger charge is 2.13. The lowest BCUT2D eigenvalue weighted by Gasteiger charge is -2.18. The van der Waals surface area contributed by atoms with Gasteiger partial charge >= 0.3 is 0 Å². The van der Waals surface area contributed by atoms with Crippen molar-refractivity contribution < 1.29 is 14.6 Å². The molecule has 0 aliphatic rings. The number of rotatable bonds is 3. The Morgan fingerprint density at radius 1 is 1.16 bits per heavy atom. The van der Waals surface area contributed by atoms with E-state index in [0.29, 0.717) is 16.8 Å². The Kier molecular flexibility index (Phi) is 3.60. The van der Waals surface area contributed by atoms with Crippen LogP contribution in [0.2, 0.25) is 0 Å². The highest BCUT2D eigenvalue weighted by Crippen LogP contribution is 2.31. The highest BCUT2D eigenvalue weighted by molar-refractivity contribution is 5.54. The summed E-state index contributed by atoms with van der Waals surface area (Å²) in [5.74, 6) is -0.110. The predicted octanol–water partition coefficient (Wildman–Crippen LogP) is 3.72. The Morgan fingerprint density at radius 3 is 2.63 bits per heavy atom. The monoisotopic (exact) mass is 261 g/mol. The molecule has 0 saturated carbocycles. The first-order valence-electron chi connectivity index (χ1n) is 6.02. The van der Waals surface area contributed by atoms with Crippen LogP contribution in [0, 0.1) is 12.7 Å². The Labute approximate surface area is 111 Å². The van der Waals surface area contributed by atoms with Crippen LogP contribution < -0.4 is 5.32 Å².